The van der Waals surface area contributed by atoms with E-state index in [0.29, 0.717) is 0 Å². The van der Waals surface area contributed by atoms with Crippen molar-refractivity contribution in [2.75, 3.05) is 5.32 Å². The number of aromatic nitrogens is 3. The zero-order chi connectivity index (χ0) is 19.2. The second-order valence-corrected chi connectivity index (χ2v) is 7.73. The number of carbonyl (C=O) groups excluding carboxylic acids is 1. The van der Waals surface area contributed by atoms with Gasteiger partial charge in [0.05, 0.1) is 5.25 Å². The van der Waals surface area contributed by atoms with E-state index in [0.717, 1.165) is 35.2 Å². The fourth-order valence-corrected chi connectivity index (χ4v) is 3.66. The molecule has 0 aliphatic carbocycles. The lowest BCUT2D eigenvalue weighted by Crippen LogP contribution is -2.23. The summed E-state index contributed by atoms with van der Waals surface area (Å²) in [5.41, 5.74) is 3.17. The number of nitrogens with one attached hydrogen (secondary N) is 1. The average Bonchev–Trinajstić information content (AvgIpc) is 3.05. The lowest BCUT2D eigenvalue weighted by atomic mass is 10.1. The van der Waals surface area contributed by atoms with Crippen LogP contribution in [0.5, 0.6) is 0 Å². The van der Waals surface area contributed by atoms with E-state index in [9.17, 15) is 4.79 Å². The van der Waals surface area contributed by atoms with Gasteiger partial charge in [-0.25, -0.2) is 0 Å². The topological polar surface area (TPSA) is 59.8 Å². The van der Waals surface area contributed by atoms with Crippen LogP contribution in [0.2, 0.25) is 0 Å². The molecule has 1 heterocycles. The molecular weight excluding hydrogens is 356 g/mol. The monoisotopic (exact) mass is 380 g/mol. The molecule has 0 radical (unpaired) electrons. The van der Waals surface area contributed by atoms with Crippen LogP contribution in [-0.2, 0) is 17.8 Å². The van der Waals surface area contributed by atoms with Gasteiger partial charge in [-0.15, -0.1) is 10.2 Å². The number of hydrogen-bond acceptors (Lipinski definition) is 4. The minimum Gasteiger partial charge on any atom is -0.325 e. The Morgan fingerprint density at radius 2 is 1.81 bits per heavy atom. The number of aryl methyl sites for hydroxylation is 1. The van der Waals surface area contributed by atoms with E-state index in [2.05, 4.69) is 39.1 Å². The van der Waals surface area contributed by atoms with E-state index in [1.807, 2.05) is 56.3 Å². The Bertz CT molecular complexity index is 890. The third-order valence-corrected chi connectivity index (χ3v) is 5.37. The van der Waals surface area contributed by atoms with Crippen molar-refractivity contribution in [3.05, 3.63) is 71.5 Å². The third-order valence-electron chi connectivity index (χ3n) is 4.29. The molecule has 1 amide bonds. The lowest BCUT2D eigenvalue weighted by Gasteiger charge is -2.13. The highest BCUT2D eigenvalue weighted by molar-refractivity contribution is 8.00. The molecule has 3 aromatic rings. The third kappa shape index (κ3) is 4.98. The molecule has 0 spiro atoms. The maximum absolute atomic E-state index is 12.5. The Balaban J connectivity index is 1.67. The first kappa shape index (κ1) is 19.2. The minimum absolute atomic E-state index is 0.0425. The summed E-state index contributed by atoms with van der Waals surface area (Å²) in [7, 11) is 0. The second-order valence-electron chi connectivity index (χ2n) is 6.42. The van der Waals surface area contributed by atoms with E-state index >= 15 is 0 Å². The molecule has 0 saturated carbocycles. The van der Waals surface area contributed by atoms with Gasteiger partial charge in [-0.3, -0.25) is 4.79 Å². The van der Waals surface area contributed by atoms with Gasteiger partial charge < -0.3 is 9.88 Å². The number of hydrogen-bond donors (Lipinski definition) is 1. The summed E-state index contributed by atoms with van der Waals surface area (Å²) in [6.45, 7) is 6.75. The summed E-state index contributed by atoms with van der Waals surface area (Å²) in [5, 5.41) is 12.1. The smallest absolute Gasteiger partial charge is 0.237 e. The van der Waals surface area contributed by atoms with Crippen LogP contribution < -0.4 is 5.32 Å². The van der Waals surface area contributed by atoms with E-state index in [4.69, 9.17) is 0 Å². The zero-order valence-corrected chi connectivity index (χ0v) is 16.7. The molecular formula is C21H24N4OS. The highest BCUT2D eigenvalue weighted by Gasteiger charge is 2.20. The predicted octanol–water partition coefficient (Wildman–Crippen LogP) is 4.32. The Labute approximate surface area is 164 Å². The Hall–Kier alpha value is -2.60. The summed E-state index contributed by atoms with van der Waals surface area (Å²) >= 11 is 1.43. The summed E-state index contributed by atoms with van der Waals surface area (Å²) in [5.74, 6) is 0.872. The first-order valence-corrected chi connectivity index (χ1v) is 9.95. The van der Waals surface area contributed by atoms with Crippen molar-refractivity contribution in [2.24, 2.45) is 0 Å². The molecule has 0 aliphatic rings. The van der Waals surface area contributed by atoms with Gasteiger partial charge in [0.15, 0.2) is 5.16 Å². The Morgan fingerprint density at radius 1 is 1.11 bits per heavy atom. The zero-order valence-electron chi connectivity index (χ0n) is 15.8. The highest BCUT2D eigenvalue weighted by atomic mass is 32.2. The van der Waals surface area contributed by atoms with Gasteiger partial charge in [-0.1, -0.05) is 59.8 Å². The minimum atomic E-state index is -0.273. The van der Waals surface area contributed by atoms with Gasteiger partial charge in [0.1, 0.15) is 5.82 Å². The molecule has 2 aromatic carbocycles. The van der Waals surface area contributed by atoms with Crippen molar-refractivity contribution in [2.45, 2.75) is 44.1 Å². The first-order valence-electron chi connectivity index (χ1n) is 9.07. The Kier molecular flexibility index (Phi) is 6.29. The summed E-state index contributed by atoms with van der Waals surface area (Å²) in [6.07, 6.45) is 0.728. The van der Waals surface area contributed by atoms with Gasteiger partial charge in [0.2, 0.25) is 5.91 Å². The molecule has 3 rings (SSSR count). The maximum Gasteiger partial charge on any atom is 0.237 e. The molecule has 0 bridgehead atoms. The van der Waals surface area contributed by atoms with Crippen LogP contribution in [0.25, 0.3) is 0 Å². The quantitative estimate of drug-likeness (QED) is 0.620. The van der Waals surface area contributed by atoms with E-state index in [1.165, 1.54) is 17.3 Å². The van der Waals surface area contributed by atoms with Crippen LogP contribution >= 0.6 is 11.8 Å². The van der Waals surface area contributed by atoms with Crippen LogP contribution in [0.1, 0.15) is 30.8 Å². The lowest BCUT2D eigenvalue weighted by molar-refractivity contribution is -0.115. The molecule has 1 N–H and O–H groups in total. The molecule has 27 heavy (non-hydrogen) atoms. The fraction of sp³-hybridized carbons (Fsp3) is 0.286. The van der Waals surface area contributed by atoms with Crippen molar-refractivity contribution < 1.29 is 4.79 Å². The number of rotatable bonds is 7. The summed E-state index contributed by atoms with van der Waals surface area (Å²) in [4.78, 5) is 12.5. The Morgan fingerprint density at radius 3 is 2.48 bits per heavy atom. The standard InChI is InChI=1S/C21H24N4OS/c1-4-25-19(14-17-8-6-5-7-9-17)23-24-21(25)27-16(3)20(26)22-18-12-10-15(2)11-13-18/h5-13,16H,4,14H2,1-3H3,(H,22,26)/t16-/m1/s1. The molecule has 0 unspecified atom stereocenters. The van der Waals surface area contributed by atoms with Gasteiger partial charge in [0.25, 0.3) is 0 Å². The number of thioether (sulfide) groups is 1. The van der Waals surface area contributed by atoms with Crippen molar-refractivity contribution in [3.8, 4) is 0 Å². The van der Waals surface area contributed by atoms with Crippen molar-refractivity contribution >= 4 is 23.4 Å². The predicted molar refractivity (Wildman–Crippen MR) is 110 cm³/mol. The van der Waals surface area contributed by atoms with Crippen LogP contribution in [0.4, 0.5) is 5.69 Å². The number of nitrogens with zero attached hydrogens (tertiary/aromatic N) is 3. The molecule has 0 fully saturated rings. The average molecular weight is 381 g/mol. The van der Waals surface area contributed by atoms with Gasteiger partial charge in [-0.05, 0) is 38.5 Å². The largest absolute Gasteiger partial charge is 0.325 e. The van der Waals surface area contributed by atoms with Crippen LogP contribution in [0.15, 0.2) is 59.8 Å². The summed E-state index contributed by atoms with van der Waals surface area (Å²) in [6, 6.07) is 18.0. The number of carbonyl (C=O) groups is 1. The van der Waals surface area contributed by atoms with Crippen molar-refractivity contribution in [3.63, 3.8) is 0 Å². The van der Waals surface area contributed by atoms with Crippen LogP contribution in [0, 0.1) is 6.92 Å². The van der Waals surface area contributed by atoms with E-state index < -0.39 is 0 Å². The molecule has 5 nitrogen and oxygen atoms in total. The normalized spacial score (nSPS) is 12.0. The summed E-state index contributed by atoms with van der Waals surface area (Å²) < 4.78 is 2.08. The van der Waals surface area contributed by atoms with Gasteiger partial charge in [0, 0.05) is 18.7 Å². The number of benzene rings is 2. The molecule has 1 atom stereocenters. The first-order chi connectivity index (χ1) is 13.1. The molecule has 6 heteroatoms. The van der Waals surface area contributed by atoms with Crippen molar-refractivity contribution in [1.29, 1.82) is 0 Å². The van der Waals surface area contributed by atoms with Crippen LogP contribution in [0.3, 0.4) is 0 Å². The highest BCUT2D eigenvalue weighted by Crippen LogP contribution is 2.24. The van der Waals surface area contributed by atoms with E-state index in [-0.39, 0.29) is 11.2 Å². The molecule has 140 valence electrons. The fourth-order valence-electron chi connectivity index (χ4n) is 2.73. The van der Waals surface area contributed by atoms with Gasteiger partial charge >= 0.3 is 0 Å². The van der Waals surface area contributed by atoms with Crippen molar-refractivity contribution in [1.82, 2.24) is 14.8 Å². The number of amides is 1. The molecule has 1 aromatic heterocycles. The molecule has 0 aliphatic heterocycles. The van der Waals surface area contributed by atoms with Crippen LogP contribution in [-0.4, -0.2) is 25.9 Å². The second kappa shape index (κ2) is 8.86. The van der Waals surface area contributed by atoms with E-state index in [1.54, 1.807) is 0 Å². The maximum atomic E-state index is 12.5. The molecule has 0 saturated heterocycles. The SMILES string of the molecule is CCn1c(Cc2ccccc2)nnc1S[C@H](C)C(=O)Nc1ccc(C)cc1. The van der Waals surface area contributed by atoms with Gasteiger partial charge in [-0.2, -0.15) is 0 Å². The number of anilines is 1.